The van der Waals surface area contributed by atoms with Crippen LogP contribution in [0.1, 0.15) is 43.0 Å². The molecule has 2 aliphatic rings. The van der Waals surface area contributed by atoms with Gasteiger partial charge in [0.2, 0.25) is 0 Å². The number of ether oxygens (including phenoxy) is 1. The predicted molar refractivity (Wildman–Crippen MR) is 121 cm³/mol. The molecule has 3 atom stereocenters. The first-order chi connectivity index (χ1) is 14.1. The van der Waals surface area contributed by atoms with Crippen LogP contribution in [0.15, 0.2) is 48.5 Å². The van der Waals surface area contributed by atoms with Gasteiger partial charge in [0.05, 0.1) is 6.61 Å². The van der Waals surface area contributed by atoms with Gasteiger partial charge in [0, 0.05) is 23.0 Å². The van der Waals surface area contributed by atoms with Crippen LogP contribution < -0.4 is 20.7 Å². The Morgan fingerprint density at radius 2 is 1.69 bits per heavy atom. The summed E-state index contributed by atoms with van der Waals surface area (Å²) in [6.45, 7) is 2.56. The Bertz CT molecular complexity index is 867. The monoisotopic (exact) mass is 409 g/mol. The van der Waals surface area contributed by atoms with Crippen molar-refractivity contribution in [1.82, 2.24) is 5.32 Å². The zero-order chi connectivity index (χ0) is 20.2. The summed E-state index contributed by atoms with van der Waals surface area (Å²) in [5, 5.41) is 10.3. The number of thiocarbonyl (C=S) groups is 1. The maximum atomic E-state index is 12.5. The lowest BCUT2D eigenvalue weighted by atomic mass is 9.96. The van der Waals surface area contributed by atoms with Gasteiger partial charge in [-0.15, -0.1) is 0 Å². The minimum atomic E-state index is -0.150. The number of anilines is 2. The number of amides is 1. The topological polar surface area (TPSA) is 62.4 Å². The molecular weight excluding hydrogens is 382 g/mol. The molecule has 2 saturated carbocycles. The number of carbonyl (C=O) groups is 1. The van der Waals surface area contributed by atoms with Crippen molar-refractivity contribution in [3.8, 4) is 5.75 Å². The van der Waals surface area contributed by atoms with Crippen LogP contribution in [0.3, 0.4) is 0 Å². The van der Waals surface area contributed by atoms with Crippen LogP contribution in [0.4, 0.5) is 11.4 Å². The second kappa shape index (κ2) is 8.82. The highest BCUT2D eigenvalue weighted by molar-refractivity contribution is 7.80. The Morgan fingerprint density at radius 1 is 1.00 bits per heavy atom. The number of hydrogen-bond acceptors (Lipinski definition) is 3. The number of rotatable bonds is 6. The van der Waals surface area contributed by atoms with E-state index in [1.165, 1.54) is 25.7 Å². The van der Waals surface area contributed by atoms with Gasteiger partial charge in [-0.05, 0) is 98.8 Å². The zero-order valence-corrected chi connectivity index (χ0v) is 17.4. The van der Waals surface area contributed by atoms with Gasteiger partial charge >= 0.3 is 0 Å². The molecule has 5 nitrogen and oxygen atoms in total. The van der Waals surface area contributed by atoms with Gasteiger partial charge < -0.3 is 20.7 Å². The van der Waals surface area contributed by atoms with E-state index in [-0.39, 0.29) is 5.91 Å². The summed E-state index contributed by atoms with van der Waals surface area (Å²) < 4.78 is 5.42. The van der Waals surface area contributed by atoms with E-state index in [4.69, 9.17) is 17.0 Å². The summed E-state index contributed by atoms with van der Waals surface area (Å²) in [5.74, 6) is 2.29. The number of fused-ring (bicyclic) bond motifs is 2. The Hall–Kier alpha value is -2.60. The molecule has 2 aromatic carbocycles. The molecule has 1 amide bonds. The van der Waals surface area contributed by atoms with Gasteiger partial charge in [0.15, 0.2) is 5.11 Å². The number of carbonyl (C=O) groups excluding carboxylic acids is 1. The molecule has 2 fully saturated rings. The van der Waals surface area contributed by atoms with Crippen molar-refractivity contribution >= 4 is 34.6 Å². The Kier molecular flexibility index (Phi) is 6.00. The normalized spacial score (nSPS) is 22.2. The fourth-order valence-electron chi connectivity index (χ4n) is 4.47. The van der Waals surface area contributed by atoms with Gasteiger partial charge in [0.25, 0.3) is 5.91 Å². The Morgan fingerprint density at radius 3 is 2.31 bits per heavy atom. The molecule has 2 bridgehead atoms. The van der Waals surface area contributed by atoms with Crippen LogP contribution >= 0.6 is 12.2 Å². The minimum Gasteiger partial charge on any atom is -0.494 e. The third-order valence-electron chi connectivity index (χ3n) is 5.88. The number of nitrogens with one attached hydrogen (secondary N) is 3. The molecule has 3 N–H and O–H groups in total. The minimum absolute atomic E-state index is 0.150. The van der Waals surface area contributed by atoms with Crippen LogP contribution in [0.25, 0.3) is 0 Å². The molecule has 0 aliphatic heterocycles. The molecule has 29 heavy (non-hydrogen) atoms. The third-order valence-corrected chi connectivity index (χ3v) is 6.10. The van der Waals surface area contributed by atoms with E-state index in [2.05, 4.69) is 16.0 Å². The molecule has 152 valence electrons. The van der Waals surface area contributed by atoms with E-state index in [1.54, 1.807) is 12.1 Å². The highest BCUT2D eigenvalue weighted by atomic mass is 32.1. The van der Waals surface area contributed by atoms with Crippen molar-refractivity contribution in [1.29, 1.82) is 0 Å². The van der Waals surface area contributed by atoms with Crippen molar-refractivity contribution in [3.05, 3.63) is 54.1 Å². The van der Waals surface area contributed by atoms with E-state index < -0.39 is 0 Å². The molecule has 0 saturated heterocycles. The third kappa shape index (κ3) is 4.88. The highest BCUT2D eigenvalue weighted by Gasteiger charge is 2.39. The smallest absolute Gasteiger partial charge is 0.255 e. The van der Waals surface area contributed by atoms with E-state index in [0.717, 1.165) is 29.0 Å². The molecule has 2 aromatic rings. The van der Waals surface area contributed by atoms with Crippen molar-refractivity contribution in [3.63, 3.8) is 0 Å². The van der Waals surface area contributed by atoms with E-state index in [9.17, 15) is 4.79 Å². The first-order valence-corrected chi connectivity index (χ1v) is 10.7. The van der Waals surface area contributed by atoms with Crippen LogP contribution in [-0.4, -0.2) is 23.7 Å². The lowest BCUT2D eigenvalue weighted by Crippen LogP contribution is -2.40. The SMILES string of the molecule is CCOc1ccc(NC(=O)c2ccc(NC(=S)N[C@H]3C[C@H]4CC[C@@H]3C4)cc2)cc1. The number of benzene rings is 2. The van der Waals surface area contributed by atoms with Crippen molar-refractivity contribution in [2.24, 2.45) is 11.8 Å². The lowest BCUT2D eigenvalue weighted by molar-refractivity contribution is 0.102. The quantitative estimate of drug-likeness (QED) is 0.598. The molecule has 4 rings (SSSR count). The molecule has 2 aliphatic carbocycles. The summed E-state index contributed by atoms with van der Waals surface area (Å²) in [5.41, 5.74) is 2.21. The van der Waals surface area contributed by atoms with Gasteiger partial charge in [-0.25, -0.2) is 0 Å². The van der Waals surface area contributed by atoms with Crippen LogP contribution in [0, 0.1) is 11.8 Å². The largest absolute Gasteiger partial charge is 0.494 e. The van der Waals surface area contributed by atoms with E-state index in [1.807, 2.05) is 43.3 Å². The summed E-state index contributed by atoms with van der Waals surface area (Å²) in [6, 6.07) is 15.2. The zero-order valence-electron chi connectivity index (χ0n) is 16.6. The molecule has 0 unspecified atom stereocenters. The standard InChI is InChI=1S/C23H27N3O2S/c1-2-28-20-11-9-18(10-12-20)24-22(27)16-5-7-19(8-6-16)25-23(29)26-21-14-15-3-4-17(21)13-15/h5-12,15,17,21H,2-4,13-14H2,1H3,(H,24,27)(H2,25,26,29)/t15-,17+,21-/m0/s1. The van der Waals surface area contributed by atoms with Gasteiger partial charge in [-0.1, -0.05) is 6.42 Å². The molecule has 0 aromatic heterocycles. The maximum absolute atomic E-state index is 12.5. The van der Waals surface area contributed by atoms with E-state index >= 15 is 0 Å². The predicted octanol–water partition coefficient (Wildman–Crippen LogP) is 4.81. The van der Waals surface area contributed by atoms with Crippen LogP contribution in [-0.2, 0) is 0 Å². The average Bonchev–Trinajstić information content (AvgIpc) is 3.33. The Labute approximate surface area is 177 Å². The fourth-order valence-corrected chi connectivity index (χ4v) is 4.74. The van der Waals surface area contributed by atoms with E-state index in [0.29, 0.717) is 23.3 Å². The fraction of sp³-hybridized carbons (Fsp3) is 0.391. The van der Waals surface area contributed by atoms with Gasteiger partial charge in [-0.3, -0.25) is 4.79 Å². The molecule has 0 spiro atoms. The summed E-state index contributed by atoms with van der Waals surface area (Å²) in [4.78, 5) is 12.5. The maximum Gasteiger partial charge on any atom is 0.255 e. The average molecular weight is 410 g/mol. The highest BCUT2D eigenvalue weighted by Crippen LogP contribution is 2.44. The van der Waals surface area contributed by atoms with Crippen molar-refractivity contribution < 1.29 is 9.53 Å². The Balaban J connectivity index is 1.29. The first kappa shape index (κ1) is 19.7. The molecule has 6 heteroatoms. The summed E-state index contributed by atoms with van der Waals surface area (Å²) in [6.07, 6.45) is 5.28. The molecule has 0 heterocycles. The van der Waals surface area contributed by atoms with Gasteiger partial charge in [-0.2, -0.15) is 0 Å². The lowest BCUT2D eigenvalue weighted by Gasteiger charge is -2.24. The summed E-state index contributed by atoms with van der Waals surface area (Å²) in [7, 11) is 0. The summed E-state index contributed by atoms with van der Waals surface area (Å²) >= 11 is 5.48. The molecule has 0 radical (unpaired) electrons. The first-order valence-electron chi connectivity index (χ1n) is 10.3. The number of hydrogen-bond donors (Lipinski definition) is 3. The molecular formula is C23H27N3O2S. The van der Waals surface area contributed by atoms with Crippen LogP contribution in [0.5, 0.6) is 5.75 Å². The second-order valence-electron chi connectivity index (χ2n) is 7.87. The van der Waals surface area contributed by atoms with Gasteiger partial charge in [0.1, 0.15) is 5.75 Å². The van der Waals surface area contributed by atoms with Crippen molar-refractivity contribution in [2.75, 3.05) is 17.2 Å². The van der Waals surface area contributed by atoms with Crippen molar-refractivity contribution in [2.45, 2.75) is 38.6 Å². The van der Waals surface area contributed by atoms with Crippen LogP contribution in [0.2, 0.25) is 0 Å². The second-order valence-corrected chi connectivity index (χ2v) is 8.28.